The Kier molecular flexibility index (Phi) is 5.49. The molecule has 2 fully saturated rings. The quantitative estimate of drug-likeness (QED) is 0.885. The number of carbonyl (C=O) groups excluding carboxylic acids is 2. The van der Waals surface area contributed by atoms with Crippen LogP contribution in [-0.2, 0) is 9.59 Å². The molecule has 1 aromatic carbocycles. The number of ether oxygens (including phenoxy) is 1. The lowest BCUT2D eigenvalue weighted by molar-refractivity contribution is -0.139. The van der Waals surface area contributed by atoms with Gasteiger partial charge in [-0.1, -0.05) is 11.6 Å². The largest absolute Gasteiger partial charge is 0.495 e. The minimum Gasteiger partial charge on any atom is -0.495 e. The molecule has 1 aromatic rings. The molecule has 7 heteroatoms. The van der Waals surface area contributed by atoms with Gasteiger partial charge in [0.05, 0.1) is 18.7 Å². The molecule has 2 aliphatic heterocycles. The number of halogens is 1. The molecular weight excluding hydrogens is 342 g/mol. The van der Waals surface area contributed by atoms with Crippen molar-refractivity contribution < 1.29 is 14.3 Å². The molecule has 0 bridgehead atoms. The highest BCUT2D eigenvalue weighted by molar-refractivity contribution is 6.31. The molecule has 2 saturated heterocycles. The van der Waals surface area contributed by atoms with E-state index in [9.17, 15) is 9.59 Å². The van der Waals surface area contributed by atoms with E-state index in [1.807, 2.05) is 4.90 Å². The van der Waals surface area contributed by atoms with Crippen molar-refractivity contribution in [1.29, 1.82) is 0 Å². The predicted molar refractivity (Wildman–Crippen MR) is 96.9 cm³/mol. The number of amides is 2. The van der Waals surface area contributed by atoms with Gasteiger partial charge in [0.1, 0.15) is 5.75 Å². The van der Waals surface area contributed by atoms with Gasteiger partial charge in [0.25, 0.3) is 0 Å². The molecule has 6 nitrogen and oxygen atoms in total. The molecule has 2 heterocycles. The van der Waals surface area contributed by atoms with Crippen molar-refractivity contribution in [2.75, 3.05) is 31.6 Å². The number of benzene rings is 1. The van der Waals surface area contributed by atoms with E-state index in [2.05, 4.69) is 0 Å². The Morgan fingerprint density at radius 1 is 1.40 bits per heavy atom. The lowest BCUT2D eigenvalue weighted by Crippen LogP contribution is -2.50. The van der Waals surface area contributed by atoms with Crippen LogP contribution in [0.1, 0.15) is 25.7 Å². The van der Waals surface area contributed by atoms with Gasteiger partial charge in [-0.15, -0.1) is 0 Å². The van der Waals surface area contributed by atoms with E-state index in [1.165, 1.54) is 0 Å². The monoisotopic (exact) mass is 365 g/mol. The van der Waals surface area contributed by atoms with E-state index in [0.717, 1.165) is 25.8 Å². The summed E-state index contributed by atoms with van der Waals surface area (Å²) in [6, 6.07) is 5.24. The number of likely N-dealkylation sites (tertiary alicyclic amines) is 1. The number of anilines is 1. The van der Waals surface area contributed by atoms with E-state index < -0.39 is 0 Å². The number of nitrogens with two attached hydrogens (primary N) is 1. The van der Waals surface area contributed by atoms with Crippen molar-refractivity contribution in [3.63, 3.8) is 0 Å². The summed E-state index contributed by atoms with van der Waals surface area (Å²) in [5.74, 6) is 0.180. The van der Waals surface area contributed by atoms with Crippen LogP contribution >= 0.6 is 11.6 Å². The van der Waals surface area contributed by atoms with Crippen molar-refractivity contribution in [2.24, 2.45) is 11.7 Å². The van der Waals surface area contributed by atoms with Crippen LogP contribution in [0.5, 0.6) is 5.75 Å². The van der Waals surface area contributed by atoms with E-state index >= 15 is 0 Å². The Morgan fingerprint density at radius 2 is 2.20 bits per heavy atom. The summed E-state index contributed by atoms with van der Waals surface area (Å²) in [7, 11) is 1.55. The summed E-state index contributed by atoms with van der Waals surface area (Å²) < 4.78 is 5.34. The fourth-order valence-electron chi connectivity index (χ4n) is 3.75. The predicted octanol–water partition coefficient (Wildman–Crippen LogP) is 2.04. The van der Waals surface area contributed by atoms with Crippen molar-refractivity contribution >= 4 is 29.1 Å². The first-order chi connectivity index (χ1) is 12.0. The topological polar surface area (TPSA) is 75.9 Å². The third kappa shape index (κ3) is 3.60. The van der Waals surface area contributed by atoms with Crippen LogP contribution < -0.4 is 15.4 Å². The summed E-state index contributed by atoms with van der Waals surface area (Å²) in [6.07, 6.45) is 3.24. The van der Waals surface area contributed by atoms with Gasteiger partial charge in [0, 0.05) is 37.1 Å². The van der Waals surface area contributed by atoms with Crippen LogP contribution in [0, 0.1) is 5.92 Å². The maximum absolute atomic E-state index is 12.9. The number of rotatable bonds is 4. The van der Waals surface area contributed by atoms with Gasteiger partial charge in [-0.05, 0) is 37.5 Å². The average Bonchev–Trinajstić information content (AvgIpc) is 3.02. The van der Waals surface area contributed by atoms with E-state index in [4.69, 9.17) is 22.1 Å². The first-order valence-corrected chi connectivity index (χ1v) is 9.07. The minimum absolute atomic E-state index is 0.0343. The third-order valence-electron chi connectivity index (χ3n) is 5.09. The molecule has 0 aromatic heterocycles. The van der Waals surface area contributed by atoms with E-state index in [1.54, 1.807) is 30.2 Å². The maximum Gasteiger partial charge on any atom is 0.228 e. The van der Waals surface area contributed by atoms with Crippen LogP contribution in [0.2, 0.25) is 5.02 Å². The zero-order chi connectivity index (χ0) is 18.0. The minimum atomic E-state index is -0.344. The second-order valence-corrected chi connectivity index (χ2v) is 7.07. The number of hydrogen-bond acceptors (Lipinski definition) is 4. The average molecular weight is 366 g/mol. The van der Waals surface area contributed by atoms with Crippen molar-refractivity contribution in [3.05, 3.63) is 23.2 Å². The number of methoxy groups -OCH3 is 1. The SMILES string of the molecule is COc1ccc(Cl)cc1N1CC(C(=O)N2CCCCC2CN)CC1=O. The molecule has 2 amide bonds. The Bertz CT molecular complexity index is 667. The highest BCUT2D eigenvalue weighted by atomic mass is 35.5. The zero-order valence-corrected chi connectivity index (χ0v) is 15.2. The van der Waals surface area contributed by atoms with Crippen LogP contribution in [0.4, 0.5) is 5.69 Å². The molecule has 0 aliphatic carbocycles. The summed E-state index contributed by atoms with van der Waals surface area (Å²) in [4.78, 5) is 29.0. The van der Waals surface area contributed by atoms with Gasteiger partial charge >= 0.3 is 0 Å². The fraction of sp³-hybridized carbons (Fsp3) is 0.556. The van der Waals surface area contributed by atoms with Gasteiger partial charge in [-0.25, -0.2) is 0 Å². The highest BCUT2D eigenvalue weighted by Crippen LogP contribution is 2.36. The van der Waals surface area contributed by atoms with Crippen molar-refractivity contribution in [1.82, 2.24) is 4.90 Å². The van der Waals surface area contributed by atoms with Gasteiger partial charge in [0.2, 0.25) is 11.8 Å². The first kappa shape index (κ1) is 18.0. The van der Waals surface area contributed by atoms with Crippen LogP contribution in [-0.4, -0.2) is 49.5 Å². The van der Waals surface area contributed by atoms with Crippen LogP contribution in [0.15, 0.2) is 18.2 Å². The highest BCUT2D eigenvalue weighted by Gasteiger charge is 2.40. The van der Waals surface area contributed by atoms with Crippen LogP contribution in [0.25, 0.3) is 0 Å². The smallest absolute Gasteiger partial charge is 0.228 e. The molecule has 136 valence electrons. The van der Waals surface area contributed by atoms with Gasteiger partial charge in [-0.3, -0.25) is 9.59 Å². The third-order valence-corrected chi connectivity index (χ3v) is 5.32. The second kappa shape index (κ2) is 7.62. The standard InChI is InChI=1S/C18H24ClN3O3/c1-25-16-6-5-13(19)9-15(16)22-11-12(8-17(22)23)18(24)21-7-3-2-4-14(21)10-20/h5-6,9,12,14H,2-4,7-8,10-11,20H2,1H3. The van der Waals surface area contributed by atoms with E-state index in [-0.39, 0.29) is 30.2 Å². The molecule has 3 rings (SSSR count). The summed E-state index contributed by atoms with van der Waals surface area (Å²) in [5.41, 5.74) is 6.44. The van der Waals surface area contributed by atoms with Gasteiger partial charge in [0.15, 0.2) is 0 Å². The Morgan fingerprint density at radius 3 is 2.92 bits per heavy atom. The van der Waals surface area contributed by atoms with Gasteiger partial charge in [-0.2, -0.15) is 0 Å². The summed E-state index contributed by atoms with van der Waals surface area (Å²) >= 11 is 6.08. The molecule has 2 atom stereocenters. The zero-order valence-electron chi connectivity index (χ0n) is 14.4. The molecule has 0 spiro atoms. The lowest BCUT2D eigenvalue weighted by Gasteiger charge is -2.36. The first-order valence-electron chi connectivity index (χ1n) is 8.69. The van der Waals surface area contributed by atoms with Crippen molar-refractivity contribution in [3.8, 4) is 5.75 Å². The van der Waals surface area contributed by atoms with Crippen LogP contribution in [0.3, 0.4) is 0 Å². The van der Waals surface area contributed by atoms with Gasteiger partial charge < -0.3 is 20.3 Å². The van der Waals surface area contributed by atoms with Crippen molar-refractivity contribution in [2.45, 2.75) is 31.7 Å². The Hall–Kier alpha value is -1.79. The van der Waals surface area contributed by atoms with E-state index in [0.29, 0.717) is 29.5 Å². The molecule has 2 aliphatic rings. The molecule has 0 saturated carbocycles. The Balaban J connectivity index is 1.78. The second-order valence-electron chi connectivity index (χ2n) is 6.64. The number of piperidine rings is 1. The molecule has 2 N–H and O–H groups in total. The lowest BCUT2D eigenvalue weighted by atomic mass is 9.98. The molecule has 2 unspecified atom stereocenters. The molecule has 0 radical (unpaired) electrons. The maximum atomic E-state index is 12.9. The fourth-order valence-corrected chi connectivity index (χ4v) is 3.92. The molecular formula is C18H24ClN3O3. The molecule has 25 heavy (non-hydrogen) atoms. The Labute approximate surface area is 152 Å². The number of hydrogen-bond donors (Lipinski definition) is 1. The summed E-state index contributed by atoms with van der Waals surface area (Å²) in [6.45, 7) is 1.55. The number of nitrogens with zero attached hydrogens (tertiary/aromatic N) is 2. The normalized spacial score (nSPS) is 23.9. The summed E-state index contributed by atoms with van der Waals surface area (Å²) in [5, 5.41) is 0.526. The number of carbonyl (C=O) groups is 2.